The quantitative estimate of drug-likeness (QED) is 0.482. The van der Waals surface area contributed by atoms with E-state index in [1.54, 1.807) is 0 Å². The summed E-state index contributed by atoms with van der Waals surface area (Å²) in [7, 11) is 0. The molecule has 150 valence electrons. The first kappa shape index (κ1) is 21.1. The highest BCUT2D eigenvalue weighted by molar-refractivity contribution is 9.10. The number of carbonyl (C=O) groups excluding carboxylic acids is 1. The molecule has 3 rings (SSSR count). The molecule has 0 spiro atoms. The number of hydrogen-bond donors (Lipinski definition) is 2. The Kier molecular flexibility index (Phi) is 7.44. The van der Waals surface area contributed by atoms with Crippen molar-refractivity contribution in [2.24, 2.45) is 0 Å². The minimum Gasteiger partial charge on any atom is -0.483 e. The number of halogens is 1. The van der Waals surface area contributed by atoms with E-state index in [0.29, 0.717) is 12.3 Å². The highest BCUT2D eigenvalue weighted by Gasteiger charge is 2.08. The maximum atomic E-state index is 12.2. The average molecular weight is 453 g/mol. The van der Waals surface area contributed by atoms with E-state index in [2.05, 4.69) is 57.8 Å². The summed E-state index contributed by atoms with van der Waals surface area (Å²) in [6, 6.07) is 21.9. The van der Waals surface area contributed by atoms with Crippen molar-refractivity contribution >= 4 is 27.5 Å². The van der Waals surface area contributed by atoms with Gasteiger partial charge in [-0.15, -0.1) is 0 Å². The number of ether oxygens (including phenoxy) is 1. The summed E-state index contributed by atoms with van der Waals surface area (Å²) in [5.41, 5.74) is 5.39. The zero-order chi connectivity index (χ0) is 20.6. The molecule has 4 nitrogen and oxygen atoms in total. The summed E-state index contributed by atoms with van der Waals surface area (Å²) in [5, 5.41) is 6.29. The van der Waals surface area contributed by atoms with E-state index in [1.165, 1.54) is 11.1 Å². The van der Waals surface area contributed by atoms with Crippen LogP contribution in [0.4, 0.5) is 5.69 Å². The van der Waals surface area contributed by atoms with Gasteiger partial charge in [0.2, 0.25) is 0 Å². The second-order valence-electron chi connectivity index (χ2n) is 7.04. The third-order valence-corrected chi connectivity index (χ3v) is 4.98. The molecule has 0 fully saturated rings. The van der Waals surface area contributed by atoms with Crippen LogP contribution in [-0.2, 0) is 17.9 Å². The Labute approximate surface area is 180 Å². The molecule has 0 saturated heterocycles. The van der Waals surface area contributed by atoms with Crippen molar-refractivity contribution in [2.75, 3.05) is 11.9 Å². The fourth-order valence-electron chi connectivity index (χ4n) is 2.85. The number of carbonyl (C=O) groups is 1. The van der Waals surface area contributed by atoms with E-state index < -0.39 is 0 Å². The molecule has 0 bridgehead atoms. The number of amides is 1. The van der Waals surface area contributed by atoms with Crippen molar-refractivity contribution in [1.82, 2.24) is 5.32 Å². The van der Waals surface area contributed by atoms with Crippen molar-refractivity contribution in [3.63, 3.8) is 0 Å². The zero-order valence-corrected chi connectivity index (χ0v) is 18.3. The fraction of sp³-hybridized carbons (Fsp3) is 0.208. The van der Waals surface area contributed by atoms with E-state index in [0.717, 1.165) is 27.8 Å². The molecule has 0 heterocycles. The van der Waals surface area contributed by atoms with Gasteiger partial charge in [0.15, 0.2) is 6.61 Å². The monoisotopic (exact) mass is 452 g/mol. The predicted octanol–water partition coefficient (Wildman–Crippen LogP) is 5.37. The number of nitrogens with one attached hydrogen (secondary N) is 2. The summed E-state index contributed by atoms with van der Waals surface area (Å²) in [6.45, 7) is 5.46. The van der Waals surface area contributed by atoms with Crippen molar-refractivity contribution in [1.29, 1.82) is 0 Å². The lowest BCUT2D eigenvalue weighted by atomic mass is 10.1. The van der Waals surface area contributed by atoms with E-state index in [4.69, 9.17) is 4.74 Å². The highest BCUT2D eigenvalue weighted by atomic mass is 79.9. The zero-order valence-electron chi connectivity index (χ0n) is 16.7. The summed E-state index contributed by atoms with van der Waals surface area (Å²) in [5.74, 6) is 0.513. The van der Waals surface area contributed by atoms with Crippen LogP contribution in [0, 0.1) is 13.8 Å². The summed E-state index contributed by atoms with van der Waals surface area (Å²) < 4.78 is 6.77. The van der Waals surface area contributed by atoms with E-state index >= 15 is 0 Å². The minimum absolute atomic E-state index is 0.0412. The second-order valence-corrected chi connectivity index (χ2v) is 7.96. The molecule has 29 heavy (non-hydrogen) atoms. The topological polar surface area (TPSA) is 50.4 Å². The minimum atomic E-state index is -0.185. The maximum absolute atomic E-state index is 12.2. The molecule has 5 heteroatoms. The Morgan fingerprint density at radius 1 is 0.897 bits per heavy atom. The molecule has 0 atom stereocenters. The van der Waals surface area contributed by atoms with Crippen LogP contribution in [0.1, 0.15) is 22.3 Å². The molecule has 0 aromatic heterocycles. The summed E-state index contributed by atoms with van der Waals surface area (Å²) in [6.07, 6.45) is 0. The van der Waals surface area contributed by atoms with Gasteiger partial charge in [-0.1, -0.05) is 63.5 Å². The summed E-state index contributed by atoms with van der Waals surface area (Å²) >= 11 is 3.51. The molecule has 0 aliphatic rings. The van der Waals surface area contributed by atoms with Crippen LogP contribution in [0.15, 0.2) is 71.2 Å². The highest BCUT2D eigenvalue weighted by Crippen LogP contribution is 2.23. The number of benzene rings is 3. The van der Waals surface area contributed by atoms with Crippen molar-refractivity contribution in [2.45, 2.75) is 26.9 Å². The average Bonchev–Trinajstić information content (AvgIpc) is 2.70. The first-order valence-electron chi connectivity index (χ1n) is 9.53. The van der Waals surface area contributed by atoms with Gasteiger partial charge < -0.3 is 15.4 Å². The molecule has 1 amide bonds. The predicted molar refractivity (Wildman–Crippen MR) is 121 cm³/mol. The third-order valence-electron chi connectivity index (χ3n) is 4.48. The lowest BCUT2D eigenvalue weighted by Gasteiger charge is -2.13. The molecule has 0 unspecified atom stereocenters. The van der Waals surface area contributed by atoms with Crippen molar-refractivity contribution in [3.05, 3.63) is 93.5 Å². The van der Waals surface area contributed by atoms with Crippen LogP contribution in [0.3, 0.4) is 0 Å². The van der Waals surface area contributed by atoms with Crippen molar-refractivity contribution in [3.8, 4) is 5.75 Å². The smallest absolute Gasteiger partial charge is 0.262 e. The van der Waals surface area contributed by atoms with Gasteiger partial charge in [-0.3, -0.25) is 4.79 Å². The Bertz CT molecular complexity index is 954. The molecule has 0 aliphatic carbocycles. The molecule has 2 N–H and O–H groups in total. The number of anilines is 1. The van der Waals surface area contributed by atoms with Gasteiger partial charge >= 0.3 is 0 Å². The second kappa shape index (κ2) is 10.2. The molecule has 3 aromatic carbocycles. The van der Waals surface area contributed by atoms with Crippen LogP contribution in [0.25, 0.3) is 0 Å². The van der Waals surface area contributed by atoms with Crippen LogP contribution in [0.2, 0.25) is 0 Å². The van der Waals surface area contributed by atoms with Gasteiger partial charge in [-0.2, -0.15) is 0 Å². The summed E-state index contributed by atoms with van der Waals surface area (Å²) in [4.78, 5) is 12.2. The normalized spacial score (nSPS) is 10.6. The first-order valence-corrected chi connectivity index (χ1v) is 10.3. The lowest BCUT2D eigenvalue weighted by Crippen LogP contribution is -2.21. The van der Waals surface area contributed by atoms with E-state index in [9.17, 15) is 4.79 Å². The maximum Gasteiger partial charge on any atom is 0.262 e. The Morgan fingerprint density at radius 2 is 1.55 bits per heavy atom. The Hall–Kier alpha value is -2.63. The first-order chi connectivity index (χ1) is 14.0. The van der Waals surface area contributed by atoms with Crippen molar-refractivity contribution < 1.29 is 9.53 Å². The van der Waals surface area contributed by atoms with E-state index in [-0.39, 0.29) is 12.5 Å². The SMILES string of the molecule is Cc1ccc(CNCc2cc(Br)ccc2OCC(=O)Nc2ccc(C)cc2)cc1. The van der Waals surface area contributed by atoms with Gasteiger partial charge in [0, 0.05) is 28.8 Å². The van der Waals surface area contributed by atoms with Crippen LogP contribution < -0.4 is 15.4 Å². The number of aryl methyl sites for hydroxylation is 2. The fourth-order valence-corrected chi connectivity index (χ4v) is 3.26. The van der Waals surface area contributed by atoms with Crippen LogP contribution in [-0.4, -0.2) is 12.5 Å². The number of rotatable bonds is 8. The van der Waals surface area contributed by atoms with Crippen LogP contribution in [0.5, 0.6) is 5.75 Å². The van der Waals surface area contributed by atoms with Gasteiger partial charge in [0.25, 0.3) is 5.91 Å². The van der Waals surface area contributed by atoms with E-state index in [1.807, 2.05) is 49.4 Å². The molecule has 0 saturated carbocycles. The molecular weight excluding hydrogens is 428 g/mol. The number of hydrogen-bond acceptors (Lipinski definition) is 3. The molecular formula is C24H25BrN2O2. The van der Waals surface area contributed by atoms with Gasteiger partial charge in [-0.05, 0) is 49.7 Å². The molecule has 0 radical (unpaired) electrons. The Balaban J connectivity index is 1.55. The Morgan fingerprint density at radius 3 is 2.24 bits per heavy atom. The molecule has 0 aliphatic heterocycles. The third kappa shape index (κ3) is 6.73. The van der Waals surface area contributed by atoms with Gasteiger partial charge in [0.1, 0.15) is 5.75 Å². The largest absolute Gasteiger partial charge is 0.483 e. The van der Waals surface area contributed by atoms with Crippen LogP contribution >= 0.6 is 15.9 Å². The lowest BCUT2D eigenvalue weighted by molar-refractivity contribution is -0.118. The van der Waals surface area contributed by atoms with Gasteiger partial charge in [-0.25, -0.2) is 0 Å². The molecule has 3 aromatic rings. The standard InChI is InChI=1S/C24H25BrN2O2/c1-17-3-7-19(8-4-17)14-26-15-20-13-21(25)9-12-23(20)29-16-24(28)27-22-10-5-18(2)6-11-22/h3-13,26H,14-16H2,1-2H3,(H,27,28). The van der Waals surface area contributed by atoms with Gasteiger partial charge in [0.05, 0.1) is 0 Å².